The Labute approximate surface area is 129 Å². The quantitative estimate of drug-likeness (QED) is 0.794. The van der Waals surface area contributed by atoms with Crippen molar-refractivity contribution in [2.45, 2.75) is 45.2 Å². The van der Waals surface area contributed by atoms with E-state index in [1.165, 1.54) is 6.07 Å². The van der Waals surface area contributed by atoms with Gasteiger partial charge in [0.2, 0.25) is 0 Å². The van der Waals surface area contributed by atoms with Gasteiger partial charge in [0.05, 0.1) is 22.5 Å². The van der Waals surface area contributed by atoms with Crippen molar-refractivity contribution in [3.05, 3.63) is 29.3 Å². The van der Waals surface area contributed by atoms with E-state index in [2.05, 4.69) is 16.5 Å². The van der Waals surface area contributed by atoms with Gasteiger partial charge in [-0.15, -0.1) is 11.6 Å². The van der Waals surface area contributed by atoms with Crippen molar-refractivity contribution in [2.75, 3.05) is 6.61 Å². The molecule has 5 heteroatoms. The number of alkyl halides is 1. The molecule has 1 aliphatic heterocycles. The Hall–Kier alpha value is -1.13. The standard InChI is InChI=1S/C16H20ClFN2O/c1-9-6-15-14(7-13(9)18)19-16(10(2)17)20(15)8-12-4-5-21-11(12)3/h6-7,10-12H,4-5,8H2,1-3H3. The molecule has 21 heavy (non-hydrogen) atoms. The van der Waals surface area contributed by atoms with Gasteiger partial charge in [0, 0.05) is 25.1 Å². The van der Waals surface area contributed by atoms with E-state index in [4.69, 9.17) is 16.3 Å². The molecule has 0 aliphatic carbocycles. The Morgan fingerprint density at radius 2 is 2.29 bits per heavy atom. The van der Waals surface area contributed by atoms with E-state index in [0.29, 0.717) is 17.0 Å². The van der Waals surface area contributed by atoms with E-state index >= 15 is 0 Å². The number of nitrogens with zero attached hydrogens (tertiary/aromatic N) is 2. The molecule has 3 atom stereocenters. The number of halogens is 2. The zero-order valence-corrected chi connectivity index (χ0v) is 13.3. The third-order valence-electron chi connectivity index (χ3n) is 4.36. The zero-order valence-electron chi connectivity index (χ0n) is 12.6. The van der Waals surface area contributed by atoms with Crippen molar-refractivity contribution >= 4 is 22.6 Å². The molecule has 1 fully saturated rings. The average molecular weight is 311 g/mol. The van der Waals surface area contributed by atoms with Gasteiger partial charge in [0.25, 0.3) is 0 Å². The number of aryl methyl sites for hydroxylation is 1. The molecule has 2 heterocycles. The molecule has 0 bridgehead atoms. The lowest BCUT2D eigenvalue weighted by Gasteiger charge is -2.18. The van der Waals surface area contributed by atoms with Crippen LogP contribution < -0.4 is 0 Å². The number of hydrogen-bond acceptors (Lipinski definition) is 2. The number of hydrogen-bond donors (Lipinski definition) is 0. The lowest BCUT2D eigenvalue weighted by Crippen LogP contribution is -2.19. The first-order valence-electron chi connectivity index (χ1n) is 7.39. The second-order valence-electron chi connectivity index (χ2n) is 5.91. The minimum absolute atomic E-state index is 0.210. The third kappa shape index (κ3) is 2.67. The molecule has 114 valence electrons. The molecule has 0 saturated carbocycles. The second kappa shape index (κ2) is 5.58. The molecule has 3 unspecified atom stereocenters. The summed E-state index contributed by atoms with van der Waals surface area (Å²) in [5.74, 6) is 1.02. The minimum atomic E-state index is -0.224. The topological polar surface area (TPSA) is 27.1 Å². The predicted molar refractivity (Wildman–Crippen MR) is 82.2 cm³/mol. The summed E-state index contributed by atoms with van der Waals surface area (Å²) >= 11 is 6.27. The van der Waals surface area contributed by atoms with Gasteiger partial charge in [-0.05, 0) is 38.8 Å². The summed E-state index contributed by atoms with van der Waals surface area (Å²) in [7, 11) is 0. The highest BCUT2D eigenvalue weighted by Gasteiger charge is 2.27. The SMILES string of the molecule is Cc1cc2c(cc1F)nc(C(C)Cl)n2CC1CCOC1C. The monoisotopic (exact) mass is 310 g/mol. The Bertz CT molecular complexity index is 668. The molecular weight excluding hydrogens is 291 g/mol. The van der Waals surface area contributed by atoms with Gasteiger partial charge in [0.1, 0.15) is 11.6 Å². The summed E-state index contributed by atoms with van der Waals surface area (Å²) in [5, 5.41) is -0.210. The highest BCUT2D eigenvalue weighted by molar-refractivity contribution is 6.20. The minimum Gasteiger partial charge on any atom is -0.378 e. The first-order valence-corrected chi connectivity index (χ1v) is 7.83. The fourth-order valence-electron chi connectivity index (χ4n) is 3.01. The summed E-state index contributed by atoms with van der Waals surface area (Å²) in [4.78, 5) is 4.53. The molecule has 3 nitrogen and oxygen atoms in total. The van der Waals surface area contributed by atoms with E-state index in [1.807, 2.05) is 13.0 Å². The summed E-state index contributed by atoms with van der Waals surface area (Å²) in [5.41, 5.74) is 2.26. The van der Waals surface area contributed by atoms with Crippen molar-refractivity contribution in [2.24, 2.45) is 5.92 Å². The van der Waals surface area contributed by atoms with Gasteiger partial charge < -0.3 is 9.30 Å². The molecule has 0 radical (unpaired) electrons. The van der Waals surface area contributed by atoms with Gasteiger partial charge in [-0.2, -0.15) is 0 Å². The van der Waals surface area contributed by atoms with Crippen molar-refractivity contribution in [1.82, 2.24) is 9.55 Å². The van der Waals surface area contributed by atoms with Crippen molar-refractivity contribution in [3.8, 4) is 0 Å². The summed E-state index contributed by atoms with van der Waals surface area (Å²) in [6, 6.07) is 3.36. The second-order valence-corrected chi connectivity index (χ2v) is 6.57. The van der Waals surface area contributed by atoms with Crippen molar-refractivity contribution in [3.63, 3.8) is 0 Å². The Morgan fingerprint density at radius 1 is 1.52 bits per heavy atom. The van der Waals surface area contributed by atoms with E-state index in [1.54, 1.807) is 6.92 Å². The van der Waals surface area contributed by atoms with Gasteiger partial charge in [-0.1, -0.05) is 0 Å². The number of aromatic nitrogens is 2. The largest absolute Gasteiger partial charge is 0.378 e. The molecule has 1 aromatic carbocycles. The van der Waals surface area contributed by atoms with Crippen LogP contribution in [0.4, 0.5) is 4.39 Å². The number of ether oxygens (including phenoxy) is 1. The van der Waals surface area contributed by atoms with Crippen LogP contribution in [-0.4, -0.2) is 22.3 Å². The van der Waals surface area contributed by atoms with E-state index in [9.17, 15) is 4.39 Å². The molecule has 2 aromatic rings. The van der Waals surface area contributed by atoms with Crippen LogP contribution in [0.1, 0.15) is 37.0 Å². The predicted octanol–water partition coefficient (Wildman–Crippen LogP) is 4.21. The van der Waals surface area contributed by atoms with Gasteiger partial charge in [-0.25, -0.2) is 9.37 Å². The van der Waals surface area contributed by atoms with Crippen LogP contribution in [0.15, 0.2) is 12.1 Å². The summed E-state index contributed by atoms with van der Waals surface area (Å²) in [6.07, 6.45) is 1.28. The van der Waals surface area contributed by atoms with Crippen LogP contribution in [0, 0.1) is 18.7 Å². The van der Waals surface area contributed by atoms with Crippen LogP contribution in [0.2, 0.25) is 0 Å². The average Bonchev–Trinajstić information content (AvgIpc) is 2.97. The van der Waals surface area contributed by atoms with Gasteiger partial charge >= 0.3 is 0 Å². The van der Waals surface area contributed by atoms with Crippen molar-refractivity contribution < 1.29 is 9.13 Å². The van der Waals surface area contributed by atoms with Crippen LogP contribution in [0.3, 0.4) is 0 Å². The zero-order chi connectivity index (χ0) is 15.1. The lowest BCUT2D eigenvalue weighted by atomic mass is 10.0. The highest BCUT2D eigenvalue weighted by atomic mass is 35.5. The molecule has 1 aliphatic rings. The molecule has 0 spiro atoms. The summed E-state index contributed by atoms with van der Waals surface area (Å²) < 4.78 is 21.5. The number of fused-ring (bicyclic) bond motifs is 1. The Morgan fingerprint density at radius 3 is 2.90 bits per heavy atom. The lowest BCUT2D eigenvalue weighted by molar-refractivity contribution is 0.102. The molecule has 0 amide bonds. The highest BCUT2D eigenvalue weighted by Crippen LogP contribution is 2.30. The maximum absolute atomic E-state index is 13.8. The van der Waals surface area contributed by atoms with Crippen LogP contribution in [0.25, 0.3) is 11.0 Å². The van der Waals surface area contributed by atoms with Gasteiger partial charge in [-0.3, -0.25) is 0 Å². The first kappa shape index (κ1) is 14.8. The maximum Gasteiger partial charge on any atom is 0.128 e. The fourth-order valence-corrected chi connectivity index (χ4v) is 3.18. The fraction of sp³-hybridized carbons (Fsp3) is 0.562. The number of rotatable bonds is 3. The molecule has 0 N–H and O–H groups in total. The maximum atomic E-state index is 13.8. The molecule has 1 aromatic heterocycles. The molecule has 3 rings (SSSR count). The number of benzene rings is 1. The molecule has 1 saturated heterocycles. The smallest absolute Gasteiger partial charge is 0.128 e. The van der Waals surface area contributed by atoms with Crippen molar-refractivity contribution in [1.29, 1.82) is 0 Å². The normalized spacial score (nSPS) is 23.9. The Balaban J connectivity index is 2.09. The van der Waals surface area contributed by atoms with Crippen LogP contribution in [-0.2, 0) is 11.3 Å². The third-order valence-corrected chi connectivity index (χ3v) is 4.56. The van der Waals surface area contributed by atoms with E-state index in [-0.39, 0.29) is 17.3 Å². The Kier molecular flexibility index (Phi) is 3.93. The summed E-state index contributed by atoms with van der Waals surface area (Å²) in [6.45, 7) is 7.40. The van der Waals surface area contributed by atoms with E-state index < -0.39 is 0 Å². The number of imidazole rings is 1. The van der Waals surface area contributed by atoms with Crippen LogP contribution >= 0.6 is 11.6 Å². The van der Waals surface area contributed by atoms with Crippen LogP contribution in [0.5, 0.6) is 0 Å². The van der Waals surface area contributed by atoms with E-state index in [0.717, 1.165) is 30.9 Å². The first-order chi connectivity index (χ1) is 9.97. The van der Waals surface area contributed by atoms with Gasteiger partial charge in [0.15, 0.2) is 0 Å². The molecular formula is C16H20ClFN2O.